The van der Waals surface area contributed by atoms with E-state index in [1.165, 1.54) is 45.3 Å². The van der Waals surface area contributed by atoms with Gasteiger partial charge in [0, 0.05) is 44.9 Å². The summed E-state index contributed by atoms with van der Waals surface area (Å²) in [5.41, 5.74) is 0. The maximum atomic E-state index is 5.77. The molecule has 4 rings (SSSR count). The standard InChI is InChI=1S/C18H28N2O2/c1-14-2-3-16(22-14)13-20-9-5-17-18(20)4-8-19(17)12-15-6-10-21-11-7-15/h2-3,15,17-18H,4-13H2,1H3. The van der Waals surface area contributed by atoms with Crippen molar-refractivity contribution in [2.24, 2.45) is 5.92 Å². The van der Waals surface area contributed by atoms with Crippen LogP contribution in [0.5, 0.6) is 0 Å². The van der Waals surface area contributed by atoms with E-state index in [2.05, 4.69) is 21.9 Å². The lowest BCUT2D eigenvalue weighted by atomic mass is 9.99. The first kappa shape index (κ1) is 14.7. The molecule has 0 aliphatic carbocycles. The summed E-state index contributed by atoms with van der Waals surface area (Å²) in [5, 5.41) is 0. The zero-order valence-corrected chi connectivity index (χ0v) is 13.7. The minimum Gasteiger partial charge on any atom is -0.465 e. The Kier molecular flexibility index (Phi) is 4.25. The Hall–Kier alpha value is -0.840. The molecule has 0 radical (unpaired) electrons. The van der Waals surface area contributed by atoms with Crippen molar-refractivity contribution in [1.29, 1.82) is 0 Å². The van der Waals surface area contributed by atoms with Gasteiger partial charge in [-0.3, -0.25) is 9.80 Å². The predicted molar refractivity (Wildman–Crippen MR) is 85.8 cm³/mol. The van der Waals surface area contributed by atoms with Gasteiger partial charge in [-0.15, -0.1) is 0 Å². The molecule has 0 saturated carbocycles. The second-order valence-corrected chi connectivity index (χ2v) is 7.25. The van der Waals surface area contributed by atoms with Crippen LogP contribution < -0.4 is 0 Å². The van der Waals surface area contributed by atoms with Crippen LogP contribution in [-0.2, 0) is 11.3 Å². The molecule has 4 nitrogen and oxygen atoms in total. The minimum atomic E-state index is 0.741. The number of hydrogen-bond acceptors (Lipinski definition) is 4. The highest BCUT2D eigenvalue weighted by Crippen LogP contribution is 2.34. The summed E-state index contributed by atoms with van der Waals surface area (Å²) in [4.78, 5) is 5.42. The highest BCUT2D eigenvalue weighted by Gasteiger charge is 2.42. The molecule has 3 saturated heterocycles. The van der Waals surface area contributed by atoms with Crippen LogP contribution in [0.3, 0.4) is 0 Å². The Bertz CT molecular complexity index is 495. The normalized spacial score (nSPS) is 31.0. The molecule has 3 fully saturated rings. The van der Waals surface area contributed by atoms with Crippen molar-refractivity contribution in [2.45, 2.75) is 51.2 Å². The second kappa shape index (κ2) is 6.34. The van der Waals surface area contributed by atoms with Crippen LogP contribution in [-0.4, -0.2) is 54.7 Å². The third kappa shape index (κ3) is 2.97. The summed E-state index contributed by atoms with van der Waals surface area (Å²) >= 11 is 0. The van der Waals surface area contributed by atoms with Crippen LogP contribution in [0.2, 0.25) is 0 Å². The molecule has 0 spiro atoms. The van der Waals surface area contributed by atoms with Gasteiger partial charge in [0.2, 0.25) is 0 Å². The average Bonchev–Trinajstić information content (AvgIpc) is 3.21. The van der Waals surface area contributed by atoms with Crippen molar-refractivity contribution in [1.82, 2.24) is 9.80 Å². The topological polar surface area (TPSA) is 28.9 Å². The molecule has 4 heterocycles. The first-order valence-electron chi connectivity index (χ1n) is 8.91. The van der Waals surface area contributed by atoms with E-state index in [1.54, 1.807) is 0 Å². The van der Waals surface area contributed by atoms with Crippen molar-refractivity contribution < 1.29 is 9.15 Å². The van der Waals surface area contributed by atoms with Crippen molar-refractivity contribution in [2.75, 3.05) is 32.8 Å². The van der Waals surface area contributed by atoms with Crippen molar-refractivity contribution in [3.63, 3.8) is 0 Å². The SMILES string of the molecule is Cc1ccc(CN2CCC3C2CCN3CC2CCOCC2)o1. The maximum absolute atomic E-state index is 5.77. The molecule has 0 amide bonds. The molecule has 3 aliphatic rings. The highest BCUT2D eigenvalue weighted by atomic mass is 16.5. The van der Waals surface area contributed by atoms with Gasteiger partial charge in [-0.05, 0) is 50.7 Å². The first-order valence-corrected chi connectivity index (χ1v) is 8.91. The highest BCUT2D eigenvalue weighted by molar-refractivity contribution is 5.07. The van der Waals surface area contributed by atoms with E-state index in [-0.39, 0.29) is 0 Å². The third-order valence-electron chi connectivity index (χ3n) is 5.79. The molecular formula is C18H28N2O2. The number of nitrogens with zero attached hydrogens (tertiary/aromatic N) is 2. The summed E-state index contributed by atoms with van der Waals surface area (Å²) in [5.74, 6) is 3.01. The van der Waals surface area contributed by atoms with E-state index in [0.717, 1.165) is 49.3 Å². The van der Waals surface area contributed by atoms with E-state index in [4.69, 9.17) is 9.15 Å². The number of furan rings is 1. The number of hydrogen-bond donors (Lipinski definition) is 0. The molecular weight excluding hydrogens is 276 g/mol. The Labute approximate surface area is 133 Å². The van der Waals surface area contributed by atoms with Crippen molar-refractivity contribution in [3.05, 3.63) is 23.7 Å². The Morgan fingerprint density at radius 2 is 1.73 bits per heavy atom. The predicted octanol–water partition coefficient (Wildman–Crippen LogP) is 2.66. The van der Waals surface area contributed by atoms with Crippen LogP contribution in [0.15, 0.2) is 16.5 Å². The van der Waals surface area contributed by atoms with Gasteiger partial charge in [0.25, 0.3) is 0 Å². The lowest BCUT2D eigenvalue weighted by Crippen LogP contribution is -2.39. The first-order chi connectivity index (χ1) is 10.8. The quantitative estimate of drug-likeness (QED) is 0.855. The van der Waals surface area contributed by atoms with Gasteiger partial charge in [0.05, 0.1) is 6.54 Å². The van der Waals surface area contributed by atoms with Gasteiger partial charge < -0.3 is 9.15 Å². The molecule has 22 heavy (non-hydrogen) atoms. The summed E-state index contributed by atoms with van der Waals surface area (Å²) < 4.78 is 11.3. The smallest absolute Gasteiger partial charge is 0.118 e. The van der Waals surface area contributed by atoms with Gasteiger partial charge in [-0.1, -0.05) is 0 Å². The number of fused-ring (bicyclic) bond motifs is 1. The molecule has 1 aromatic rings. The zero-order valence-electron chi connectivity index (χ0n) is 13.7. The van der Waals surface area contributed by atoms with Gasteiger partial charge >= 0.3 is 0 Å². The number of rotatable bonds is 4. The summed E-state index contributed by atoms with van der Waals surface area (Å²) in [7, 11) is 0. The van der Waals surface area contributed by atoms with Gasteiger partial charge in [-0.2, -0.15) is 0 Å². The third-order valence-corrected chi connectivity index (χ3v) is 5.79. The van der Waals surface area contributed by atoms with Crippen LogP contribution in [0.1, 0.15) is 37.2 Å². The van der Waals surface area contributed by atoms with Crippen LogP contribution in [0.4, 0.5) is 0 Å². The molecule has 4 heteroatoms. The van der Waals surface area contributed by atoms with Crippen LogP contribution in [0.25, 0.3) is 0 Å². The number of ether oxygens (including phenoxy) is 1. The van der Waals surface area contributed by atoms with Gasteiger partial charge in [0.1, 0.15) is 11.5 Å². The van der Waals surface area contributed by atoms with E-state index < -0.39 is 0 Å². The monoisotopic (exact) mass is 304 g/mol. The molecule has 3 aliphatic heterocycles. The fourth-order valence-corrected chi connectivity index (χ4v) is 4.62. The van der Waals surface area contributed by atoms with Crippen molar-refractivity contribution in [3.8, 4) is 0 Å². The Balaban J connectivity index is 1.34. The fourth-order valence-electron chi connectivity index (χ4n) is 4.62. The largest absolute Gasteiger partial charge is 0.465 e. The van der Waals surface area contributed by atoms with Crippen LogP contribution >= 0.6 is 0 Å². The molecule has 2 unspecified atom stereocenters. The van der Waals surface area contributed by atoms with Gasteiger partial charge in [-0.25, -0.2) is 0 Å². The fraction of sp³-hybridized carbons (Fsp3) is 0.778. The van der Waals surface area contributed by atoms with Crippen LogP contribution in [0, 0.1) is 12.8 Å². The van der Waals surface area contributed by atoms with E-state index in [9.17, 15) is 0 Å². The Morgan fingerprint density at radius 1 is 1.00 bits per heavy atom. The lowest BCUT2D eigenvalue weighted by Gasteiger charge is -2.30. The molecule has 1 aromatic heterocycles. The molecule has 122 valence electrons. The molecule has 2 atom stereocenters. The molecule has 0 bridgehead atoms. The van der Waals surface area contributed by atoms with Gasteiger partial charge in [0.15, 0.2) is 0 Å². The summed E-state index contributed by atoms with van der Waals surface area (Å²) in [6.45, 7) is 8.74. The zero-order chi connectivity index (χ0) is 14.9. The average molecular weight is 304 g/mol. The van der Waals surface area contributed by atoms with E-state index in [0.29, 0.717) is 0 Å². The van der Waals surface area contributed by atoms with E-state index >= 15 is 0 Å². The summed E-state index contributed by atoms with van der Waals surface area (Å²) in [6.07, 6.45) is 5.16. The van der Waals surface area contributed by atoms with E-state index in [1.807, 2.05) is 6.92 Å². The molecule has 0 aromatic carbocycles. The number of aryl methyl sites for hydroxylation is 1. The second-order valence-electron chi connectivity index (χ2n) is 7.25. The maximum Gasteiger partial charge on any atom is 0.118 e. The lowest BCUT2D eigenvalue weighted by molar-refractivity contribution is 0.0503. The molecule has 0 N–H and O–H groups in total. The minimum absolute atomic E-state index is 0.741. The number of likely N-dealkylation sites (tertiary alicyclic amines) is 2. The van der Waals surface area contributed by atoms with Crippen molar-refractivity contribution >= 4 is 0 Å². The summed E-state index contributed by atoms with van der Waals surface area (Å²) in [6, 6.07) is 5.73. The Morgan fingerprint density at radius 3 is 2.45 bits per heavy atom.